The molecule has 0 bridgehead atoms. The Hall–Kier alpha value is -1.52. The molecule has 0 aliphatic carbocycles. The number of nitrogens with zero attached hydrogens (tertiary/aromatic N) is 3. The molecule has 0 atom stereocenters. The van der Waals surface area contributed by atoms with Gasteiger partial charge in [0, 0.05) is 42.6 Å². The number of carbonyl (C=O) groups is 1. The van der Waals surface area contributed by atoms with E-state index in [0.717, 1.165) is 17.5 Å². The Morgan fingerprint density at radius 1 is 1.35 bits per heavy atom. The molecule has 0 N–H and O–H groups in total. The van der Waals surface area contributed by atoms with Crippen LogP contribution in [0.3, 0.4) is 0 Å². The first kappa shape index (κ1) is 13.5. The summed E-state index contributed by atoms with van der Waals surface area (Å²) in [6, 6.07) is 3.64. The summed E-state index contributed by atoms with van der Waals surface area (Å²) in [7, 11) is 1.81. The van der Waals surface area contributed by atoms with E-state index in [1.54, 1.807) is 27.9 Å². The number of halogens is 2. The van der Waals surface area contributed by atoms with E-state index >= 15 is 0 Å². The molecule has 6 heteroatoms. The molecule has 1 amide bonds. The number of amides is 1. The van der Waals surface area contributed by atoms with Gasteiger partial charge in [0.15, 0.2) is 5.82 Å². The summed E-state index contributed by atoms with van der Waals surface area (Å²) in [5, 5.41) is 1.25. The number of imidazole rings is 1. The van der Waals surface area contributed by atoms with Crippen LogP contribution in [0.15, 0.2) is 24.5 Å². The van der Waals surface area contributed by atoms with Crippen molar-refractivity contribution in [2.75, 3.05) is 6.54 Å². The van der Waals surface area contributed by atoms with Gasteiger partial charge in [-0.1, -0.05) is 23.2 Å². The Labute approximate surface area is 126 Å². The van der Waals surface area contributed by atoms with Crippen molar-refractivity contribution in [3.63, 3.8) is 0 Å². The maximum absolute atomic E-state index is 12.4. The zero-order valence-electron chi connectivity index (χ0n) is 10.9. The third kappa shape index (κ3) is 2.30. The molecule has 0 saturated heterocycles. The van der Waals surface area contributed by atoms with Gasteiger partial charge in [-0.15, -0.1) is 0 Å². The summed E-state index contributed by atoms with van der Waals surface area (Å²) in [5.74, 6) is 0.368. The van der Waals surface area contributed by atoms with E-state index in [9.17, 15) is 4.79 Å². The first-order valence-electron chi connectivity index (χ1n) is 6.29. The van der Waals surface area contributed by atoms with E-state index in [-0.39, 0.29) is 5.91 Å². The van der Waals surface area contributed by atoms with Crippen molar-refractivity contribution >= 4 is 29.1 Å². The van der Waals surface area contributed by atoms with E-state index < -0.39 is 0 Å². The highest BCUT2D eigenvalue weighted by atomic mass is 35.5. The van der Waals surface area contributed by atoms with E-state index in [1.165, 1.54) is 0 Å². The third-order valence-electron chi connectivity index (χ3n) is 3.55. The van der Waals surface area contributed by atoms with Gasteiger partial charge in [0.05, 0.1) is 0 Å². The fourth-order valence-electron chi connectivity index (χ4n) is 2.47. The lowest BCUT2D eigenvalue weighted by atomic mass is 9.99. The third-order valence-corrected chi connectivity index (χ3v) is 4.11. The summed E-state index contributed by atoms with van der Waals surface area (Å²) in [6.45, 7) is 1.15. The fourth-order valence-corrected chi connectivity index (χ4v) is 3.06. The van der Waals surface area contributed by atoms with Crippen molar-refractivity contribution < 1.29 is 4.79 Å². The Morgan fingerprint density at radius 2 is 2.15 bits per heavy atom. The topological polar surface area (TPSA) is 38.1 Å². The second-order valence-electron chi connectivity index (χ2n) is 4.86. The average molecular weight is 310 g/mol. The van der Waals surface area contributed by atoms with Crippen molar-refractivity contribution in [2.24, 2.45) is 7.05 Å². The van der Waals surface area contributed by atoms with Gasteiger partial charge in [-0.3, -0.25) is 4.79 Å². The maximum atomic E-state index is 12.4. The van der Waals surface area contributed by atoms with Crippen LogP contribution in [0.5, 0.6) is 0 Å². The number of hydrogen-bond donors (Lipinski definition) is 0. The van der Waals surface area contributed by atoms with Crippen molar-refractivity contribution in [3.05, 3.63) is 51.5 Å². The standard InChI is InChI=1S/C14H13Cl2N3O/c1-18-5-3-17-13(18)14(20)19-4-2-9-6-10(15)7-12(16)11(9)8-19/h3,5-7H,2,4,8H2,1H3. The lowest BCUT2D eigenvalue weighted by Crippen LogP contribution is -2.37. The minimum Gasteiger partial charge on any atom is -0.331 e. The predicted molar refractivity (Wildman–Crippen MR) is 78.1 cm³/mol. The average Bonchev–Trinajstić information content (AvgIpc) is 2.83. The number of aryl methyl sites for hydroxylation is 1. The Balaban J connectivity index is 1.89. The highest BCUT2D eigenvalue weighted by molar-refractivity contribution is 6.35. The summed E-state index contributed by atoms with van der Waals surface area (Å²) in [4.78, 5) is 18.3. The summed E-state index contributed by atoms with van der Waals surface area (Å²) < 4.78 is 1.72. The minimum atomic E-state index is -0.0748. The molecular formula is C14H13Cl2N3O. The molecule has 2 heterocycles. The molecule has 1 aliphatic heterocycles. The van der Waals surface area contributed by atoms with Crippen LogP contribution >= 0.6 is 23.2 Å². The highest BCUT2D eigenvalue weighted by Crippen LogP contribution is 2.30. The van der Waals surface area contributed by atoms with Gasteiger partial charge in [0.2, 0.25) is 0 Å². The van der Waals surface area contributed by atoms with Crippen LogP contribution in [-0.4, -0.2) is 26.9 Å². The van der Waals surface area contributed by atoms with Gasteiger partial charge < -0.3 is 9.47 Å². The Morgan fingerprint density at radius 3 is 2.85 bits per heavy atom. The van der Waals surface area contributed by atoms with Crippen LogP contribution in [0.25, 0.3) is 0 Å². The second-order valence-corrected chi connectivity index (χ2v) is 5.71. The van der Waals surface area contributed by atoms with E-state index in [0.29, 0.717) is 29.0 Å². The molecule has 20 heavy (non-hydrogen) atoms. The largest absolute Gasteiger partial charge is 0.331 e. The molecule has 104 valence electrons. The zero-order valence-corrected chi connectivity index (χ0v) is 12.4. The van der Waals surface area contributed by atoms with E-state index in [2.05, 4.69) is 4.98 Å². The maximum Gasteiger partial charge on any atom is 0.290 e. The van der Waals surface area contributed by atoms with Gasteiger partial charge in [0.25, 0.3) is 5.91 Å². The molecule has 1 aliphatic rings. The van der Waals surface area contributed by atoms with Gasteiger partial charge in [-0.2, -0.15) is 0 Å². The fraction of sp³-hybridized carbons (Fsp3) is 0.286. The second kappa shape index (κ2) is 5.11. The summed E-state index contributed by atoms with van der Waals surface area (Å²) in [5.41, 5.74) is 2.09. The first-order chi connectivity index (χ1) is 9.56. The molecule has 0 fully saturated rings. The summed E-state index contributed by atoms with van der Waals surface area (Å²) in [6.07, 6.45) is 4.14. The number of aromatic nitrogens is 2. The molecular weight excluding hydrogens is 297 g/mol. The number of rotatable bonds is 1. The molecule has 2 aromatic rings. The summed E-state index contributed by atoms with van der Waals surface area (Å²) >= 11 is 12.2. The van der Waals surface area contributed by atoms with E-state index in [1.807, 2.05) is 13.1 Å². The van der Waals surface area contributed by atoms with Crippen molar-refractivity contribution in [1.82, 2.24) is 14.5 Å². The van der Waals surface area contributed by atoms with E-state index in [4.69, 9.17) is 23.2 Å². The van der Waals surface area contributed by atoms with Gasteiger partial charge in [-0.25, -0.2) is 4.98 Å². The van der Waals surface area contributed by atoms with Gasteiger partial charge >= 0.3 is 0 Å². The molecule has 4 nitrogen and oxygen atoms in total. The Kier molecular flexibility index (Phi) is 3.44. The van der Waals surface area contributed by atoms with Crippen molar-refractivity contribution in [1.29, 1.82) is 0 Å². The normalized spacial score (nSPS) is 14.2. The Bertz CT molecular complexity index is 681. The lowest BCUT2D eigenvalue weighted by molar-refractivity contribution is 0.0719. The quantitative estimate of drug-likeness (QED) is 0.812. The molecule has 1 aromatic heterocycles. The molecule has 0 saturated carbocycles. The van der Waals surface area contributed by atoms with Crippen LogP contribution in [0, 0.1) is 0 Å². The first-order valence-corrected chi connectivity index (χ1v) is 7.05. The monoisotopic (exact) mass is 309 g/mol. The molecule has 3 rings (SSSR count). The number of hydrogen-bond acceptors (Lipinski definition) is 2. The van der Waals surface area contributed by atoms with Crippen molar-refractivity contribution in [2.45, 2.75) is 13.0 Å². The van der Waals surface area contributed by atoms with Crippen LogP contribution in [0.2, 0.25) is 10.0 Å². The molecule has 1 aromatic carbocycles. The van der Waals surface area contributed by atoms with Crippen LogP contribution < -0.4 is 0 Å². The van der Waals surface area contributed by atoms with Gasteiger partial charge in [0.1, 0.15) is 0 Å². The SMILES string of the molecule is Cn1ccnc1C(=O)N1CCc2cc(Cl)cc(Cl)c2C1. The van der Waals surface area contributed by atoms with Crippen LogP contribution in [0.1, 0.15) is 21.7 Å². The smallest absolute Gasteiger partial charge is 0.290 e. The predicted octanol–water partition coefficient (Wildman–Crippen LogP) is 2.93. The van der Waals surface area contributed by atoms with Crippen molar-refractivity contribution in [3.8, 4) is 0 Å². The highest BCUT2D eigenvalue weighted by Gasteiger charge is 2.25. The number of fused-ring (bicyclic) bond motifs is 1. The minimum absolute atomic E-state index is 0.0748. The number of benzene rings is 1. The zero-order chi connectivity index (χ0) is 14.3. The molecule has 0 unspecified atom stereocenters. The van der Waals surface area contributed by atoms with Crippen LogP contribution in [-0.2, 0) is 20.0 Å². The number of carbonyl (C=O) groups excluding carboxylic acids is 1. The van der Waals surface area contributed by atoms with Gasteiger partial charge in [-0.05, 0) is 29.7 Å². The molecule has 0 spiro atoms. The lowest BCUT2D eigenvalue weighted by Gasteiger charge is -2.29. The molecule has 0 radical (unpaired) electrons. The van der Waals surface area contributed by atoms with Crippen LogP contribution in [0.4, 0.5) is 0 Å².